The van der Waals surface area contributed by atoms with E-state index >= 15 is 0 Å². The molecule has 1 fully saturated rings. The van der Waals surface area contributed by atoms with E-state index in [4.69, 9.17) is 4.74 Å². The standard InChI is InChI=1S/C22H20N4O5/c1-31-16-8-6-15(7-9-16)26-21(29)20(28)25(22(26)30)13-19(27)23-11-10-14-12-24-18-5-3-2-4-17(14)18/h2-9,12,24H,10-11,13H2,1H3,(H,23,27). The molecule has 9 nitrogen and oxygen atoms in total. The summed E-state index contributed by atoms with van der Waals surface area (Å²) in [5.74, 6) is -2.01. The summed E-state index contributed by atoms with van der Waals surface area (Å²) >= 11 is 0. The first kappa shape index (κ1) is 20.1. The molecule has 0 unspecified atom stereocenters. The van der Waals surface area contributed by atoms with Gasteiger partial charge in [-0.1, -0.05) is 18.2 Å². The quantitative estimate of drug-likeness (QED) is 0.447. The number of amides is 5. The van der Waals surface area contributed by atoms with Gasteiger partial charge in [-0.2, -0.15) is 0 Å². The minimum Gasteiger partial charge on any atom is -0.497 e. The molecule has 158 valence electrons. The number of rotatable bonds is 7. The predicted molar refractivity (Wildman–Crippen MR) is 113 cm³/mol. The number of urea groups is 1. The molecule has 1 saturated heterocycles. The predicted octanol–water partition coefficient (Wildman–Crippen LogP) is 1.83. The third-order valence-electron chi connectivity index (χ3n) is 5.08. The van der Waals surface area contributed by atoms with Crippen LogP contribution in [-0.4, -0.2) is 53.8 Å². The van der Waals surface area contributed by atoms with Gasteiger partial charge in [-0.3, -0.25) is 14.4 Å². The first-order valence-electron chi connectivity index (χ1n) is 9.65. The van der Waals surface area contributed by atoms with E-state index in [0.29, 0.717) is 23.6 Å². The Hall–Kier alpha value is -4.14. The lowest BCUT2D eigenvalue weighted by atomic mass is 10.1. The Bertz CT molecular complexity index is 1170. The SMILES string of the molecule is COc1ccc(N2C(=O)C(=O)N(CC(=O)NCCc3c[nH]c4ccccc34)C2=O)cc1. The highest BCUT2D eigenvalue weighted by atomic mass is 16.5. The number of benzene rings is 2. The van der Waals surface area contributed by atoms with Crippen molar-refractivity contribution in [3.05, 3.63) is 60.3 Å². The molecule has 2 heterocycles. The molecule has 3 aromatic rings. The molecule has 2 N–H and O–H groups in total. The van der Waals surface area contributed by atoms with Crippen molar-refractivity contribution in [2.45, 2.75) is 6.42 Å². The second kappa shape index (κ2) is 8.31. The molecular weight excluding hydrogens is 400 g/mol. The molecule has 0 aliphatic carbocycles. The Labute approximate surface area is 177 Å². The summed E-state index contributed by atoms with van der Waals surface area (Å²) in [6.07, 6.45) is 2.46. The fourth-order valence-corrected chi connectivity index (χ4v) is 3.48. The molecular formula is C22H20N4O5. The minimum atomic E-state index is -1.03. The van der Waals surface area contributed by atoms with Crippen molar-refractivity contribution in [1.82, 2.24) is 15.2 Å². The zero-order chi connectivity index (χ0) is 22.0. The number of hydrogen-bond donors (Lipinski definition) is 2. The van der Waals surface area contributed by atoms with E-state index in [0.717, 1.165) is 21.4 Å². The lowest BCUT2D eigenvalue weighted by Crippen LogP contribution is -2.42. The minimum absolute atomic E-state index is 0.228. The third kappa shape index (κ3) is 3.85. The van der Waals surface area contributed by atoms with Gasteiger partial charge in [0, 0.05) is 23.6 Å². The summed E-state index contributed by atoms with van der Waals surface area (Å²) in [5.41, 5.74) is 2.28. The van der Waals surface area contributed by atoms with Crippen molar-refractivity contribution in [3.8, 4) is 5.75 Å². The van der Waals surface area contributed by atoms with Crippen LogP contribution in [0.3, 0.4) is 0 Å². The van der Waals surface area contributed by atoms with E-state index in [1.807, 2.05) is 30.5 Å². The van der Waals surface area contributed by atoms with Gasteiger partial charge in [-0.15, -0.1) is 0 Å². The number of anilines is 1. The van der Waals surface area contributed by atoms with Crippen LogP contribution in [0.25, 0.3) is 10.9 Å². The average Bonchev–Trinajstić information content (AvgIpc) is 3.28. The number of carbonyl (C=O) groups is 4. The Balaban J connectivity index is 1.36. The molecule has 1 aliphatic heterocycles. The van der Waals surface area contributed by atoms with Crippen LogP contribution in [0.15, 0.2) is 54.7 Å². The van der Waals surface area contributed by atoms with Crippen LogP contribution in [0.1, 0.15) is 5.56 Å². The second-order valence-corrected chi connectivity index (χ2v) is 6.97. The largest absolute Gasteiger partial charge is 0.497 e. The van der Waals surface area contributed by atoms with Crippen LogP contribution < -0.4 is 15.0 Å². The number of para-hydroxylation sites is 1. The topological polar surface area (TPSA) is 112 Å². The summed E-state index contributed by atoms with van der Waals surface area (Å²) < 4.78 is 5.05. The Kier molecular flexibility index (Phi) is 5.40. The Morgan fingerprint density at radius 1 is 1.03 bits per heavy atom. The zero-order valence-corrected chi connectivity index (χ0v) is 16.8. The zero-order valence-electron chi connectivity index (χ0n) is 16.8. The van der Waals surface area contributed by atoms with Crippen LogP contribution in [0.4, 0.5) is 10.5 Å². The second-order valence-electron chi connectivity index (χ2n) is 6.97. The van der Waals surface area contributed by atoms with Gasteiger partial charge in [-0.05, 0) is 42.3 Å². The monoisotopic (exact) mass is 420 g/mol. The summed E-state index contributed by atoms with van der Waals surface area (Å²) in [6.45, 7) is -0.197. The third-order valence-corrected chi connectivity index (χ3v) is 5.08. The summed E-state index contributed by atoms with van der Waals surface area (Å²) in [5, 5.41) is 3.76. The van der Waals surface area contributed by atoms with Crippen molar-refractivity contribution in [3.63, 3.8) is 0 Å². The average molecular weight is 420 g/mol. The van der Waals surface area contributed by atoms with Gasteiger partial charge in [0.25, 0.3) is 0 Å². The Morgan fingerprint density at radius 2 is 1.77 bits per heavy atom. The number of carbonyl (C=O) groups excluding carboxylic acids is 4. The first-order valence-corrected chi connectivity index (χ1v) is 9.65. The number of aromatic amines is 1. The van der Waals surface area contributed by atoms with Crippen molar-refractivity contribution in [2.24, 2.45) is 0 Å². The van der Waals surface area contributed by atoms with Gasteiger partial charge in [0.1, 0.15) is 12.3 Å². The van der Waals surface area contributed by atoms with Crippen LogP contribution in [-0.2, 0) is 20.8 Å². The van der Waals surface area contributed by atoms with Gasteiger partial charge in [-0.25, -0.2) is 14.6 Å². The highest BCUT2D eigenvalue weighted by Gasteiger charge is 2.46. The molecule has 5 amide bonds. The van der Waals surface area contributed by atoms with E-state index in [1.54, 1.807) is 12.1 Å². The maximum atomic E-state index is 12.6. The summed E-state index contributed by atoms with van der Waals surface area (Å²) in [4.78, 5) is 54.1. The molecule has 9 heteroatoms. The number of aromatic nitrogens is 1. The number of H-pyrrole nitrogens is 1. The molecule has 0 bridgehead atoms. The van der Waals surface area contributed by atoms with E-state index < -0.39 is 30.3 Å². The molecule has 1 aliphatic rings. The smallest absolute Gasteiger partial charge is 0.339 e. The van der Waals surface area contributed by atoms with Crippen LogP contribution in [0.2, 0.25) is 0 Å². The molecule has 0 radical (unpaired) electrons. The highest BCUT2D eigenvalue weighted by molar-refractivity contribution is 6.53. The van der Waals surface area contributed by atoms with Gasteiger partial charge < -0.3 is 15.0 Å². The van der Waals surface area contributed by atoms with Gasteiger partial charge in [0.15, 0.2) is 0 Å². The number of ether oxygens (including phenoxy) is 1. The van der Waals surface area contributed by atoms with Crippen LogP contribution >= 0.6 is 0 Å². The lowest BCUT2D eigenvalue weighted by molar-refractivity contribution is -0.140. The number of hydrogen-bond acceptors (Lipinski definition) is 5. The van der Waals surface area contributed by atoms with Crippen LogP contribution in [0.5, 0.6) is 5.75 Å². The van der Waals surface area contributed by atoms with Crippen LogP contribution in [0, 0.1) is 0 Å². The number of imide groups is 2. The van der Waals surface area contributed by atoms with Gasteiger partial charge >= 0.3 is 17.8 Å². The molecule has 0 atom stereocenters. The summed E-state index contributed by atoms with van der Waals surface area (Å²) in [6, 6.07) is 13.1. The van der Waals surface area contributed by atoms with Crippen molar-refractivity contribution in [1.29, 1.82) is 0 Å². The van der Waals surface area contributed by atoms with E-state index in [1.165, 1.54) is 19.2 Å². The first-order chi connectivity index (χ1) is 15.0. The molecule has 2 aromatic carbocycles. The number of fused-ring (bicyclic) bond motifs is 1. The fourth-order valence-electron chi connectivity index (χ4n) is 3.48. The summed E-state index contributed by atoms with van der Waals surface area (Å²) in [7, 11) is 1.49. The number of nitrogens with zero attached hydrogens (tertiary/aromatic N) is 2. The van der Waals surface area contributed by atoms with Crippen molar-refractivity contribution < 1.29 is 23.9 Å². The van der Waals surface area contributed by atoms with E-state index in [-0.39, 0.29) is 5.69 Å². The molecule has 4 rings (SSSR count). The lowest BCUT2D eigenvalue weighted by Gasteiger charge is -2.15. The maximum Gasteiger partial charge on any atom is 0.339 e. The normalized spacial score (nSPS) is 13.9. The fraction of sp³-hybridized carbons (Fsp3) is 0.182. The molecule has 0 spiro atoms. The van der Waals surface area contributed by atoms with Crippen molar-refractivity contribution in [2.75, 3.05) is 25.1 Å². The van der Waals surface area contributed by atoms with E-state index in [9.17, 15) is 19.2 Å². The Morgan fingerprint density at radius 3 is 2.52 bits per heavy atom. The number of nitrogens with one attached hydrogen (secondary N) is 2. The highest BCUT2D eigenvalue weighted by Crippen LogP contribution is 2.24. The van der Waals surface area contributed by atoms with E-state index in [2.05, 4.69) is 10.3 Å². The molecule has 0 saturated carbocycles. The van der Waals surface area contributed by atoms with Crippen molar-refractivity contribution >= 4 is 40.3 Å². The number of methoxy groups -OCH3 is 1. The van der Waals surface area contributed by atoms with Gasteiger partial charge in [0.2, 0.25) is 5.91 Å². The molecule has 31 heavy (non-hydrogen) atoms. The maximum absolute atomic E-state index is 12.6. The molecule has 1 aromatic heterocycles. The van der Waals surface area contributed by atoms with Gasteiger partial charge in [0.05, 0.1) is 12.8 Å².